The number of ether oxygens (including phenoxy) is 2. The molecule has 0 saturated carbocycles. The minimum absolute atomic E-state index is 0.262. The van der Waals surface area contributed by atoms with Crippen molar-refractivity contribution in [3.63, 3.8) is 0 Å². The Morgan fingerprint density at radius 2 is 0.897 bits per heavy atom. The van der Waals surface area contributed by atoms with Crippen molar-refractivity contribution in [2.24, 2.45) is 5.41 Å². The molecule has 4 heteroatoms. The van der Waals surface area contributed by atoms with E-state index in [1.807, 2.05) is 20.8 Å². The van der Waals surface area contributed by atoms with Crippen molar-refractivity contribution < 1.29 is 19.1 Å². The number of carbonyl (C=O) groups excluding carboxylic acids is 2. The predicted molar refractivity (Wildman–Crippen MR) is 121 cm³/mol. The molecule has 0 aliphatic rings. The summed E-state index contributed by atoms with van der Waals surface area (Å²) in [6, 6.07) is 0. The topological polar surface area (TPSA) is 52.6 Å². The Hall–Kier alpha value is -1.06. The summed E-state index contributed by atoms with van der Waals surface area (Å²) in [5.74, 6) is -0.524. The van der Waals surface area contributed by atoms with Crippen LogP contribution in [0.4, 0.5) is 0 Å². The van der Waals surface area contributed by atoms with E-state index in [0.717, 1.165) is 25.7 Å². The maximum atomic E-state index is 12.2. The molecule has 0 aromatic heterocycles. The van der Waals surface area contributed by atoms with Crippen molar-refractivity contribution in [1.29, 1.82) is 0 Å². The number of esters is 2. The van der Waals surface area contributed by atoms with Crippen molar-refractivity contribution in [1.82, 2.24) is 0 Å². The second-order valence-corrected chi connectivity index (χ2v) is 9.42. The average Bonchev–Trinajstić information content (AvgIpc) is 2.65. The lowest BCUT2D eigenvalue weighted by Gasteiger charge is -2.29. The smallest absolute Gasteiger partial charge is 0.308 e. The summed E-state index contributed by atoms with van der Waals surface area (Å²) < 4.78 is 11.0. The number of rotatable bonds is 18. The van der Waals surface area contributed by atoms with Gasteiger partial charge in [0.1, 0.15) is 0 Å². The Labute approximate surface area is 180 Å². The van der Waals surface area contributed by atoms with Crippen LogP contribution in [0.5, 0.6) is 0 Å². The quantitative estimate of drug-likeness (QED) is 0.131. The lowest BCUT2D eigenvalue weighted by atomic mass is 9.96. The average molecular weight is 413 g/mol. The molecule has 29 heavy (non-hydrogen) atoms. The van der Waals surface area contributed by atoms with Gasteiger partial charge in [0, 0.05) is 18.3 Å². The standard InChI is InChI=1S/C25H48O4/c1-6-8-10-12-14-16-18-20-22(26)28-24(25(3,4)5)29-23(27)21-19-17-15-13-11-9-7-2/h24H,6-21H2,1-5H3. The van der Waals surface area contributed by atoms with Crippen LogP contribution < -0.4 is 0 Å². The van der Waals surface area contributed by atoms with Crippen LogP contribution in [-0.2, 0) is 19.1 Å². The van der Waals surface area contributed by atoms with Gasteiger partial charge in [-0.3, -0.25) is 9.59 Å². The molecule has 0 amide bonds. The van der Waals surface area contributed by atoms with Crippen LogP contribution >= 0.6 is 0 Å². The third-order valence-corrected chi connectivity index (χ3v) is 5.15. The Morgan fingerprint density at radius 1 is 0.586 bits per heavy atom. The van der Waals surface area contributed by atoms with Gasteiger partial charge >= 0.3 is 11.9 Å². The fourth-order valence-corrected chi connectivity index (χ4v) is 3.19. The summed E-state index contributed by atoms with van der Waals surface area (Å²) in [6.45, 7) is 10.2. The van der Waals surface area contributed by atoms with Gasteiger partial charge in [0.15, 0.2) is 0 Å². The zero-order valence-electron chi connectivity index (χ0n) is 20.0. The van der Waals surface area contributed by atoms with E-state index >= 15 is 0 Å². The van der Waals surface area contributed by atoms with Crippen LogP contribution in [0.25, 0.3) is 0 Å². The van der Waals surface area contributed by atoms with E-state index in [1.165, 1.54) is 64.2 Å². The second-order valence-electron chi connectivity index (χ2n) is 9.42. The largest absolute Gasteiger partial charge is 0.425 e. The van der Waals surface area contributed by atoms with Crippen molar-refractivity contribution in [2.75, 3.05) is 0 Å². The highest BCUT2D eigenvalue weighted by atomic mass is 16.7. The monoisotopic (exact) mass is 412 g/mol. The zero-order chi connectivity index (χ0) is 22.0. The molecule has 0 N–H and O–H groups in total. The number of hydrogen-bond donors (Lipinski definition) is 0. The predicted octanol–water partition coefficient (Wildman–Crippen LogP) is 7.73. The minimum Gasteiger partial charge on any atom is -0.425 e. The lowest BCUT2D eigenvalue weighted by Crippen LogP contribution is -2.36. The van der Waals surface area contributed by atoms with Crippen molar-refractivity contribution in [3.05, 3.63) is 0 Å². The molecule has 0 aromatic rings. The molecule has 0 bridgehead atoms. The van der Waals surface area contributed by atoms with E-state index < -0.39 is 11.7 Å². The van der Waals surface area contributed by atoms with E-state index in [0.29, 0.717) is 12.8 Å². The number of carbonyl (C=O) groups is 2. The lowest BCUT2D eigenvalue weighted by molar-refractivity contribution is -0.207. The molecule has 172 valence electrons. The van der Waals surface area contributed by atoms with Gasteiger partial charge in [0.05, 0.1) is 0 Å². The fraction of sp³-hybridized carbons (Fsp3) is 0.920. The Morgan fingerprint density at radius 3 is 1.21 bits per heavy atom. The van der Waals surface area contributed by atoms with Gasteiger partial charge in [-0.25, -0.2) is 0 Å². The van der Waals surface area contributed by atoms with Crippen LogP contribution in [0.3, 0.4) is 0 Å². The van der Waals surface area contributed by atoms with E-state index in [-0.39, 0.29) is 11.9 Å². The Kier molecular flexibility index (Phi) is 17.1. The molecule has 4 nitrogen and oxygen atoms in total. The van der Waals surface area contributed by atoms with E-state index in [2.05, 4.69) is 13.8 Å². The first-order valence-corrected chi connectivity index (χ1v) is 12.2. The van der Waals surface area contributed by atoms with Gasteiger partial charge in [0.25, 0.3) is 6.29 Å². The highest BCUT2D eigenvalue weighted by Gasteiger charge is 2.31. The molecule has 0 aliphatic heterocycles. The van der Waals surface area contributed by atoms with Crippen molar-refractivity contribution in [2.45, 2.75) is 144 Å². The van der Waals surface area contributed by atoms with E-state index in [9.17, 15) is 9.59 Å². The molecule has 0 atom stereocenters. The number of unbranched alkanes of at least 4 members (excludes halogenated alkanes) is 12. The molecule has 0 fully saturated rings. The molecule has 0 aromatic carbocycles. The van der Waals surface area contributed by atoms with Gasteiger partial charge in [0.2, 0.25) is 0 Å². The van der Waals surface area contributed by atoms with Crippen molar-refractivity contribution in [3.8, 4) is 0 Å². The third-order valence-electron chi connectivity index (χ3n) is 5.15. The third kappa shape index (κ3) is 17.5. The van der Waals surface area contributed by atoms with Crippen molar-refractivity contribution >= 4 is 11.9 Å². The van der Waals surface area contributed by atoms with Gasteiger partial charge < -0.3 is 9.47 Å². The molecule has 0 spiro atoms. The Bertz CT molecular complexity index is 380. The summed E-state index contributed by atoms with van der Waals surface area (Å²) >= 11 is 0. The molecule has 0 saturated heterocycles. The highest BCUT2D eigenvalue weighted by Crippen LogP contribution is 2.25. The van der Waals surface area contributed by atoms with Crippen LogP contribution in [0, 0.1) is 5.41 Å². The fourth-order valence-electron chi connectivity index (χ4n) is 3.19. The molecule has 0 rings (SSSR count). The minimum atomic E-state index is -0.809. The molecule has 0 unspecified atom stereocenters. The van der Waals surface area contributed by atoms with E-state index in [1.54, 1.807) is 0 Å². The van der Waals surface area contributed by atoms with Crippen LogP contribution in [0.15, 0.2) is 0 Å². The van der Waals surface area contributed by atoms with E-state index in [4.69, 9.17) is 9.47 Å². The van der Waals surface area contributed by atoms with Gasteiger partial charge in [-0.1, -0.05) is 112 Å². The number of hydrogen-bond acceptors (Lipinski definition) is 4. The van der Waals surface area contributed by atoms with Crippen LogP contribution in [0.1, 0.15) is 137 Å². The second kappa shape index (κ2) is 17.8. The van der Waals surface area contributed by atoms with Gasteiger partial charge in [-0.05, 0) is 12.8 Å². The molecule has 0 heterocycles. The first-order valence-electron chi connectivity index (χ1n) is 12.2. The summed E-state index contributed by atoms with van der Waals surface area (Å²) in [4.78, 5) is 24.4. The SMILES string of the molecule is CCCCCCCCCC(=O)OC(OC(=O)CCCCCCCCC)C(C)(C)C. The molecular weight excluding hydrogens is 364 g/mol. The summed E-state index contributed by atoms with van der Waals surface area (Å²) in [5, 5.41) is 0. The Balaban J connectivity index is 4.06. The van der Waals surface area contributed by atoms with Gasteiger partial charge in [-0.15, -0.1) is 0 Å². The maximum Gasteiger partial charge on any atom is 0.308 e. The zero-order valence-corrected chi connectivity index (χ0v) is 20.0. The first kappa shape index (κ1) is 27.9. The van der Waals surface area contributed by atoms with Gasteiger partial charge in [-0.2, -0.15) is 0 Å². The summed E-state index contributed by atoms with van der Waals surface area (Å²) in [6.07, 6.45) is 16.2. The summed E-state index contributed by atoms with van der Waals surface area (Å²) in [7, 11) is 0. The highest BCUT2D eigenvalue weighted by molar-refractivity contribution is 5.71. The maximum absolute atomic E-state index is 12.2. The molecule has 0 aliphatic carbocycles. The molecular formula is C25H48O4. The normalized spacial score (nSPS) is 11.7. The first-order chi connectivity index (χ1) is 13.8. The van der Waals surface area contributed by atoms with Crippen LogP contribution in [-0.4, -0.2) is 18.2 Å². The molecule has 0 radical (unpaired) electrons. The summed E-state index contributed by atoms with van der Waals surface area (Å²) in [5.41, 5.74) is -0.425. The van der Waals surface area contributed by atoms with Crippen LogP contribution in [0.2, 0.25) is 0 Å².